The number of ether oxygens (including phenoxy) is 2. The number of morpholine rings is 1. The molecule has 1 unspecified atom stereocenters. The molecule has 0 spiro atoms. The smallest absolute Gasteiger partial charge is 0.279 e. The number of quaternary nitrogens is 1. The Kier molecular flexibility index (Phi) is 7.43. The fourth-order valence-corrected chi connectivity index (χ4v) is 4.69. The molecule has 2 aliphatic heterocycles. The molecular weight excluding hydrogens is 390 g/mol. The Balaban J connectivity index is 1.38. The van der Waals surface area contributed by atoms with Crippen LogP contribution in [0.25, 0.3) is 0 Å². The maximum absolute atomic E-state index is 12.9. The van der Waals surface area contributed by atoms with E-state index >= 15 is 0 Å². The van der Waals surface area contributed by atoms with Gasteiger partial charge in [0.1, 0.15) is 11.8 Å². The van der Waals surface area contributed by atoms with Gasteiger partial charge in [0.15, 0.2) is 6.54 Å². The van der Waals surface area contributed by atoms with Crippen LogP contribution in [0.3, 0.4) is 0 Å². The molecule has 166 valence electrons. The molecule has 0 aliphatic carbocycles. The van der Waals surface area contributed by atoms with Gasteiger partial charge in [-0.2, -0.15) is 0 Å². The lowest BCUT2D eigenvalue weighted by molar-refractivity contribution is -0.923. The Morgan fingerprint density at radius 2 is 1.81 bits per heavy atom. The highest BCUT2D eigenvalue weighted by molar-refractivity contribution is 5.91. The van der Waals surface area contributed by atoms with Crippen LogP contribution < -0.4 is 19.9 Å². The number of nitrogens with one attached hydrogen (secondary N) is 2. The average molecular weight is 425 g/mol. The second-order valence-electron chi connectivity index (χ2n) is 8.45. The van der Waals surface area contributed by atoms with Crippen molar-refractivity contribution >= 4 is 17.3 Å². The van der Waals surface area contributed by atoms with Gasteiger partial charge in [0.2, 0.25) is 0 Å². The SMILES string of the molecule is COc1ccc([C@@H]2CCCCC[NH+]2CC(=O)Nc2ccc(N3CCOCC3)cc2)cc1. The number of likely N-dealkylation sites (tertiary alicyclic amines) is 1. The number of rotatable bonds is 6. The van der Waals surface area contributed by atoms with E-state index in [1.807, 2.05) is 24.3 Å². The zero-order chi connectivity index (χ0) is 21.5. The highest BCUT2D eigenvalue weighted by Gasteiger charge is 2.28. The van der Waals surface area contributed by atoms with Gasteiger partial charge in [-0.25, -0.2) is 0 Å². The van der Waals surface area contributed by atoms with Gasteiger partial charge < -0.3 is 24.6 Å². The van der Waals surface area contributed by atoms with E-state index in [9.17, 15) is 4.79 Å². The Morgan fingerprint density at radius 1 is 1.06 bits per heavy atom. The molecule has 2 aromatic rings. The molecule has 2 heterocycles. The highest BCUT2D eigenvalue weighted by atomic mass is 16.5. The molecule has 4 rings (SSSR count). The van der Waals surface area contributed by atoms with Crippen molar-refractivity contribution in [3.05, 3.63) is 54.1 Å². The fourth-order valence-electron chi connectivity index (χ4n) is 4.69. The number of carbonyl (C=O) groups is 1. The fraction of sp³-hybridized carbons (Fsp3) is 0.480. The van der Waals surface area contributed by atoms with Gasteiger partial charge in [-0.05, 0) is 67.8 Å². The Morgan fingerprint density at radius 3 is 2.52 bits per heavy atom. The molecular formula is C25H34N3O3+. The number of amides is 1. The lowest BCUT2D eigenvalue weighted by atomic mass is 10.0. The second kappa shape index (κ2) is 10.6. The summed E-state index contributed by atoms with van der Waals surface area (Å²) in [5.74, 6) is 0.951. The van der Waals surface area contributed by atoms with Crippen LogP contribution in [0.15, 0.2) is 48.5 Å². The Hall–Kier alpha value is -2.57. The van der Waals surface area contributed by atoms with Crippen LogP contribution in [0.1, 0.15) is 37.3 Å². The van der Waals surface area contributed by atoms with E-state index in [0.717, 1.165) is 50.7 Å². The van der Waals surface area contributed by atoms with Gasteiger partial charge >= 0.3 is 0 Å². The molecule has 0 aromatic heterocycles. The molecule has 6 heteroatoms. The summed E-state index contributed by atoms with van der Waals surface area (Å²) in [6.07, 6.45) is 4.73. The first-order valence-electron chi connectivity index (χ1n) is 11.4. The van der Waals surface area contributed by atoms with Crippen LogP contribution in [-0.2, 0) is 9.53 Å². The van der Waals surface area contributed by atoms with E-state index in [1.165, 1.54) is 35.4 Å². The van der Waals surface area contributed by atoms with Gasteiger partial charge in [0.05, 0.1) is 26.9 Å². The molecule has 2 saturated heterocycles. The van der Waals surface area contributed by atoms with Crippen molar-refractivity contribution in [1.29, 1.82) is 0 Å². The number of methoxy groups -OCH3 is 1. The van der Waals surface area contributed by atoms with Crippen LogP contribution in [0, 0.1) is 0 Å². The highest BCUT2D eigenvalue weighted by Crippen LogP contribution is 2.22. The van der Waals surface area contributed by atoms with E-state index in [0.29, 0.717) is 12.6 Å². The third-order valence-electron chi connectivity index (χ3n) is 6.42. The lowest BCUT2D eigenvalue weighted by Crippen LogP contribution is -3.13. The molecule has 31 heavy (non-hydrogen) atoms. The van der Waals surface area contributed by atoms with Crippen LogP contribution in [-0.4, -0.2) is 52.4 Å². The van der Waals surface area contributed by atoms with Gasteiger partial charge in [-0.15, -0.1) is 0 Å². The third-order valence-corrected chi connectivity index (χ3v) is 6.42. The summed E-state index contributed by atoms with van der Waals surface area (Å²) in [5, 5.41) is 3.11. The topological polar surface area (TPSA) is 55.2 Å². The lowest BCUT2D eigenvalue weighted by Gasteiger charge is -2.29. The molecule has 2 N–H and O–H groups in total. The van der Waals surface area contributed by atoms with Crippen LogP contribution in [0.5, 0.6) is 5.75 Å². The predicted molar refractivity (Wildman–Crippen MR) is 123 cm³/mol. The summed E-state index contributed by atoms with van der Waals surface area (Å²) in [7, 11) is 1.69. The van der Waals surface area contributed by atoms with Gasteiger partial charge in [-0.1, -0.05) is 0 Å². The molecule has 2 atom stereocenters. The first-order valence-corrected chi connectivity index (χ1v) is 11.4. The summed E-state index contributed by atoms with van der Waals surface area (Å²) in [5.41, 5.74) is 3.33. The summed E-state index contributed by atoms with van der Waals surface area (Å²) < 4.78 is 10.7. The van der Waals surface area contributed by atoms with E-state index in [1.54, 1.807) is 7.11 Å². The standard InChI is InChI=1S/C25H33N3O3/c1-30-23-12-6-20(7-13-23)24-5-3-2-4-14-28(24)19-25(29)26-21-8-10-22(11-9-21)27-15-17-31-18-16-27/h6-13,24H,2-5,14-19H2,1H3,(H,26,29)/p+1/t24-/m0/s1. The monoisotopic (exact) mass is 424 g/mol. The number of hydrogen-bond donors (Lipinski definition) is 2. The summed E-state index contributed by atoms with van der Waals surface area (Å²) >= 11 is 0. The molecule has 2 aromatic carbocycles. The summed E-state index contributed by atoms with van der Waals surface area (Å²) in [6, 6.07) is 16.9. The van der Waals surface area contributed by atoms with Gasteiger partial charge in [0, 0.05) is 36.4 Å². The first kappa shape index (κ1) is 21.7. The second-order valence-corrected chi connectivity index (χ2v) is 8.45. The number of hydrogen-bond acceptors (Lipinski definition) is 4. The van der Waals surface area contributed by atoms with Crippen molar-refractivity contribution in [2.24, 2.45) is 0 Å². The van der Waals surface area contributed by atoms with Gasteiger partial charge in [-0.3, -0.25) is 4.79 Å². The molecule has 0 saturated carbocycles. The molecule has 2 fully saturated rings. The zero-order valence-corrected chi connectivity index (χ0v) is 18.4. The van der Waals surface area contributed by atoms with E-state index < -0.39 is 0 Å². The van der Waals surface area contributed by atoms with Crippen molar-refractivity contribution < 1.29 is 19.2 Å². The zero-order valence-electron chi connectivity index (χ0n) is 18.4. The largest absolute Gasteiger partial charge is 0.497 e. The van der Waals surface area contributed by atoms with Crippen molar-refractivity contribution in [1.82, 2.24) is 0 Å². The predicted octanol–water partition coefficient (Wildman–Crippen LogP) is 2.67. The van der Waals surface area contributed by atoms with Crippen LogP contribution >= 0.6 is 0 Å². The quantitative estimate of drug-likeness (QED) is 0.749. The molecule has 0 bridgehead atoms. The van der Waals surface area contributed by atoms with E-state index in [2.05, 4.69) is 34.5 Å². The average Bonchev–Trinajstić information content (AvgIpc) is 3.05. The number of anilines is 2. The molecule has 2 aliphatic rings. The minimum Gasteiger partial charge on any atom is -0.497 e. The summed E-state index contributed by atoms with van der Waals surface area (Å²) in [4.78, 5) is 16.5. The van der Waals surface area contributed by atoms with E-state index in [-0.39, 0.29) is 5.91 Å². The molecule has 6 nitrogen and oxygen atoms in total. The van der Waals surface area contributed by atoms with Gasteiger partial charge in [0.25, 0.3) is 5.91 Å². The van der Waals surface area contributed by atoms with Crippen molar-refractivity contribution in [3.63, 3.8) is 0 Å². The maximum Gasteiger partial charge on any atom is 0.279 e. The maximum atomic E-state index is 12.9. The summed E-state index contributed by atoms with van der Waals surface area (Å²) in [6.45, 7) is 4.88. The van der Waals surface area contributed by atoms with Crippen LogP contribution in [0.2, 0.25) is 0 Å². The number of nitrogens with zero attached hydrogens (tertiary/aromatic N) is 1. The minimum absolute atomic E-state index is 0.0783. The van der Waals surface area contributed by atoms with Crippen molar-refractivity contribution in [2.45, 2.75) is 31.7 Å². The minimum atomic E-state index is 0.0783. The normalized spacial score (nSPS) is 21.9. The number of carbonyl (C=O) groups excluding carboxylic acids is 1. The van der Waals surface area contributed by atoms with E-state index in [4.69, 9.17) is 9.47 Å². The Labute approximate surface area is 185 Å². The van der Waals surface area contributed by atoms with Crippen LogP contribution in [0.4, 0.5) is 11.4 Å². The van der Waals surface area contributed by atoms with Crippen molar-refractivity contribution in [2.75, 3.05) is 56.7 Å². The third kappa shape index (κ3) is 5.77. The Bertz CT molecular complexity index is 832. The molecule has 1 amide bonds. The first-order chi connectivity index (χ1) is 15.2. The van der Waals surface area contributed by atoms with Crippen molar-refractivity contribution in [3.8, 4) is 5.75 Å². The molecule has 0 radical (unpaired) electrons. The number of benzene rings is 2.